The van der Waals surface area contributed by atoms with Gasteiger partial charge in [0.05, 0.1) is 0 Å². The van der Waals surface area contributed by atoms with Crippen molar-refractivity contribution in [3.63, 3.8) is 0 Å². The molecule has 8 heavy (non-hydrogen) atoms. The SMILES string of the molecule is C.Nc1ccccc1. The lowest BCUT2D eigenvalue weighted by atomic mass is 10.3. The van der Waals surface area contributed by atoms with Crippen molar-refractivity contribution in [3.05, 3.63) is 30.3 Å². The van der Waals surface area contributed by atoms with Gasteiger partial charge in [0.15, 0.2) is 0 Å². The third-order valence-corrected chi connectivity index (χ3v) is 0.800. The first-order chi connectivity index (χ1) is 3.39. The molecule has 0 saturated heterocycles. The van der Waals surface area contributed by atoms with E-state index in [2.05, 4.69) is 0 Å². The first-order valence-electron chi connectivity index (χ1n) is 2.20. The normalized spacial score (nSPS) is 7.50. The Morgan fingerprint density at radius 3 is 1.75 bits per heavy atom. The molecule has 0 radical (unpaired) electrons. The Labute approximate surface area is 50.1 Å². The van der Waals surface area contributed by atoms with Crippen LogP contribution in [0.4, 0.5) is 5.69 Å². The highest BCUT2D eigenvalue weighted by molar-refractivity contribution is 5.35. The third kappa shape index (κ3) is 1.65. The van der Waals surface area contributed by atoms with Crippen molar-refractivity contribution in [1.29, 1.82) is 0 Å². The third-order valence-electron chi connectivity index (χ3n) is 0.800. The summed E-state index contributed by atoms with van der Waals surface area (Å²) in [4.78, 5) is 0. The quantitative estimate of drug-likeness (QED) is 0.506. The molecule has 0 saturated carbocycles. The van der Waals surface area contributed by atoms with Crippen molar-refractivity contribution in [2.24, 2.45) is 0 Å². The molecule has 1 aromatic rings. The molecule has 0 aromatic heterocycles. The summed E-state index contributed by atoms with van der Waals surface area (Å²) in [6, 6.07) is 9.49. The summed E-state index contributed by atoms with van der Waals surface area (Å²) in [6.07, 6.45) is 0. The van der Waals surface area contributed by atoms with Crippen LogP contribution in [0.25, 0.3) is 0 Å². The lowest BCUT2D eigenvalue weighted by Crippen LogP contribution is -1.79. The molecule has 0 fully saturated rings. The maximum Gasteiger partial charge on any atom is 0.0313 e. The fourth-order valence-electron chi connectivity index (χ4n) is 0.453. The molecule has 0 aliphatic carbocycles. The molecule has 0 unspecified atom stereocenters. The van der Waals surface area contributed by atoms with Crippen molar-refractivity contribution in [2.45, 2.75) is 7.43 Å². The van der Waals surface area contributed by atoms with Gasteiger partial charge in [-0.25, -0.2) is 0 Å². The van der Waals surface area contributed by atoms with Crippen LogP contribution in [0.1, 0.15) is 7.43 Å². The monoisotopic (exact) mass is 109 g/mol. The number of hydrogen-bond acceptors (Lipinski definition) is 1. The molecule has 1 rings (SSSR count). The summed E-state index contributed by atoms with van der Waals surface area (Å²) in [5.74, 6) is 0. The van der Waals surface area contributed by atoms with E-state index in [9.17, 15) is 0 Å². The zero-order valence-corrected chi connectivity index (χ0v) is 3.96. The predicted octanol–water partition coefficient (Wildman–Crippen LogP) is 1.90. The van der Waals surface area contributed by atoms with Crippen LogP contribution in [0.2, 0.25) is 0 Å². The van der Waals surface area contributed by atoms with E-state index in [1.807, 2.05) is 30.3 Å². The van der Waals surface area contributed by atoms with E-state index in [4.69, 9.17) is 5.73 Å². The Kier molecular flexibility index (Phi) is 2.70. The Bertz CT molecular complexity index is 134. The van der Waals surface area contributed by atoms with Crippen LogP contribution in [-0.2, 0) is 0 Å². The van der Waals surface area contributed by atoms with E-state index >= 15 is 0 Å². The molecule has 1 aromatic carbocycles. The minimum absolute atomic E-state index is 0. The van der Waals surface area contributed by atoms with Gasteiger partial charge >= 0.3 is 0 Å². The molecule has 44 valence electrons. The van der Waals surface area contributed by atoms with Crippen LogP contribution in [0, 0.1) is 0 Å². The van der Waals surface area contributed by atoms with Crippen LogP contribution in [0.5, 0.6) is 0 Å². The van der Waals surface area contributed by atoms with Gasteiger partial charge in [-0.15, -0.1) is 0 Å². The lowest BCUT2D eigenvalue weighted by Gasteiger charge is -1.83. The molecule has 0 aliphatic heterocycles. The van der Waals surface area contributed by atoms with Crippen LogP contribution in [-0.4, -0.2) is 0 Å². The highest BCUT2D eigenvalue weighted by atomic mass is 14.5. The van der Waals surface area contributed by atoms with Gasteiger partial charge < -0.3 is 5.73 Å². The minimum atomic E-state index is 0. The van der Waals surface area contributed by atoms with Gasteiger partial charge in [-0.1, -0.05) is 25.6 Å². The summed E-state index contributed by atoms with van der Waals surface area (Å²) >= 11 is 0. The Balaban J connectivity index is 0.000000490. The standard InChI is InChI=1S/C6H7N.CH4/c7-6-4-2-1-3-5-6;/h1-5H,7H2;1H4. The number of nitrogen functional groups attached to an aromatic ring is 1. The predicted molar refractivity (Wildman–Crippen MR) is 37.6 cm³/mol. The van der Waals surface area contributed by atoms with Gasteiger partial charge in [0.25, 0.3) is 0 Å². The number of hydrogen-bond donors (Lipinski definition) is 1. The second kappa shape index (κ2) is 3.08. The summed E-state index contributed by atoms with van der Waals surface area (Å²) in [6.45, 7) is 0. The van der Waals surface area contributed by atoms with Gasteiger partial charge in [0.1, 0.15) is 0 Å². The maximum atomic E-state index is 5.36. The molecule has 2 N–H and O–H groups in total. The summed E-state index contributed by atoms with van der Waals surface area (Å²) in [5, 5.41) is 0. The van der Waals surface area contributed by atoms with Crippen molar-refractivity contribution >= 4 is 5.69 Å². The molecule has 0 atom stereocenters. The smallest absolute Gasteiger partial charge is 0.0313 e. The van der Waals surface area contributed by atoms with Crippen LogP contribution >= 0.6 is 0 Å². The van der Waals surface area contributed by atoms with E-state index in [1.54, 1.807) is 0 Å². The van der Waals surface area contributed by atoms with Gasteiger partial charge in [0.2, 0.25) is 0 Å². The first-order valence-corrected chi connectivity index (χ1v) is 2.20. The number of para-hydroxylation sites is 1. The van der Waals surface area contributed by atoms with E-state index in [-0.39, 0.29) is 7.43 Å². The number of rotatable bonds is 0. The molecular weight excluding hydrogens is 98.1 g/mol. The highest BCUT2D eigenvalue weighted by Crippen LogP contribution is 1.95. The molecule has 0 heterocycles. The molecule has 1 nitrogen and oxygen atoms in total. The van der Waals surface area contributed by atoms with Crippen LogP contribution in [0.3, 0.4) is 0 Å². The average Bonchev–Trinajstić information content (AvgIpc) is 1.69. The Hall–Kier alpha value is -0.980. The highest BCUT2D eigenvalue weighted by Gasteiger charge is 1.72. The summed E-state index contributed by atoms with van der Waals surface area (Å²) in [7, 11) is 0. The van der Waals surface area contributed by atoms with E-state index in [0.29, 0.717) is 0 Å². The first kappa shape index (κ1) is 7.02. The summed E-state index contributed by atoms with van der Waals surface area (Å²) in [5.41, 5.74) is 6.18. The number of benzene rings is 1. The van der Waals surface area contributed by atoms with Gasteiger partial charge in [-0.05, 0) is 12.1 Å². The largest absolute Gasteiger partial charge is 0.399 e. The fourth-order valence-corrected chi connectivity index (χ4v) is 0.453. The maximum absolute atomic E-state index is 5.36. The van der Waals surface area contributed by atoms with Crippen LogP contribution in [0.15, 0.2) is 30.3 Å². The van der Waals surface area contributed by atoms with Crippen molar-refractivity contribution in [1.82, 2.24) is 0 Å². The molecular formula is C7H11N. The van der Waals surface area contributed by atoms with Gasteiger partial charge in [0, 0.05) is 5.69 Å². The van der Waals surface area contributed by atoms with E-state index < -0.39 is 0 Å². The topological polar surface area (TPSA) is 26.0 Å². The van der Waals surface area contributed by atoms with Gasteiger partial charge in [-0.2, -0.15) is 0 Å². The molecule has 0 aliphatic rings. The fraction of sp³-hybridized carbons (Fsp3) is 0.143. The molecule has 0 spiro atoms. The Morgan fingerprint density at radius 1 is 1.00 bits per heavy atom. The minimum Gasteiger partial charge on any atom is -0.399 e. The van der Waals surface area contributed by atoms with E-state index in [1.165, 1.54) is 0 Å². The zero-order chi connectivity index (χ0) is 5.11. The van der Waals surface area contributed by atoms with Crippen molar-refractivity contribution < 1.29 is 0 Å². The molecule has 0 bridgehead atoms. The molecule has 1 heteroatoms. The van der Waals surface area contributed by atoms with E-state index in [0.717, 1.165) is 5.69 Å². The zero-order valence-electron chi connectivity index (χ0n) is 3.96. The Morgan fingerprint density at radius 2 is 1.50 bits per heavy atom. The number of nitrogens with two attached hydrogens (primary N) is 1. The van der Waals surface area contributed by atoms with Crippen molar-refractivity contribution in [2.75, 3.05) is 5.73 Å². The second-order valence-corrected chi connectivity index (χ2v) is 1.41. The van der Waals surface area contributed by atoms with Gasteiger partial charge in [-0.3, -0.25) is 0 Å². The second-order valence-electron chi connectivity index (χ2n) is 1.41. The lowest BCUT2D eigenvalue weighted by molar-refractivity contribution is 1.69. The molecule has 0 amide bonds. The van der Waals surface area contributed by atoms with Crippen molar-refractivity contribution in [3.8, 4) is 0 Å². The average molecular weight is 109 g/mol. The van der Waals surface area contributed by atoms with Crippen LogP contribution < -0.4 is 5.73 Å². The summed E-state index contributed by atoms with van der Waals surface area (Å²) < 4.78 is 0. The number of anilines is 1.